The molecule has 0 saturated carbocycles. The first-order valence-electron chi connectivity index (χ1n) is 8.52. The first-order valence-corrected chi connectivity index (χ1v) is 10.0. The lowest BCUT2D eigenvalue weighted by Crippen LogP contribution is -2.23. The molecule has 0 aliphatic carbocycles. The molecule has 0 aliphatic rings. The average molecular weight is 440 g/mol. The zero-order valence-electron chi connectivity index (χ0n) is 15.2. The van der Waals surface area contributed by atoms with Crippen LogP contribution in [0, 0.1) is 10.1 Å². The van der Waals surface area contributed by atoms with Crippen molar-refractivity contribution < 1.29 is 26.5 Å². The van der Waals surface area contributed by atoms with Gasteiger partial charge in [0.25, 0.3) is 15.5 Å². The molecule has 30 heavy (non-hydrogen) atoms. The molecule has 0 atom stereocenters. The molecule has 0 spiro atoms. The lowest BCUT2D eigenvalue weighted by atomic mass is 10.2. The van der Waals surface area contributed by atoms with Crippen LogP contribution in [0.4, 0.5) is 24.5 Å². The highest BCUT2D eigenvalue weighted by Crippen LogP contribution is 2.34. The van der Waals surface area contributed by atoms with Crippen molar-refractivity contribution in [2.24, 2.45) is 0 Å². The summed E-state index contributed by atoms with van der Waals surface area (Å²) in [6, 6.07) is 11.4. The van der Waals surface area contributed by atoms with Crippen LogP contribution in [0.3, 0.4) is 0 Å². The fourth-order valence-corrected chi connectivity index (χ4v) is 3.45. The second-order valence-corrected chi connectivity index (χ2v) is 8.13. The van der Waals surface area contributed by atoms with Crippen LogP contribution in [0.25, 0.3) is 5.69 Å². The summed E-state index contributed by atoms with van der Waals surface area (Å²) >= 11 is 0. The molecule has 0 aliphatic heterocycles. The summed E-state index contributed by atoms with van der Waals surface area (Å²) < 4.78 is 62.7. The minimum absolute atomic E-state index is 0.0865. The van der Waals surface area contributed by atoms with Crippen LogP contribution in [0.15, 0.2) is 65.8 Å². The Morgan fingerprint density at radius 1 is 1.13 bits per heavy atom. The van der Waals surface area contributed by atoms with E-state index in [1.807, 2.05) is 30.3 Å². The van der Waals surface area contributed by atoms with Crippen molar-refractivity contribution in [2.45, 2.75) is 16.8 Å². The lowest BCUT2D eigenvalue weighted by molar-refractivity contribution is -0.384. The monoisotopic (exact) mass is 440 g/mol. The first-order chi connectivity index (χ1) is 14.1. The summed E-state index contributed by atoms with van der Waals surface area (Å²) in [4.78, 5) is 9.10. The van der Waals surface area contributed by atoms with Crippen LogP contribution >= 0.6 is 0 Å². The van der Waals surface area contributed by atoms with E-state index in [2.05, 4.69) is 10.4 Å². The fourth-order valence-electron chi connectivity index (χ4n) is 2.67. The first kappa shape index (κ1) is 21.3. The number of anilines is 1. The molecule has 1 aromatic heterocycles. The van der Waals surface area contributed by atoms with E-state index in [-0.39, 0.29) is 12.2 Å². The number of halogens is 3. The molecule has 0 unspecified atom stereocenters. The maximum absolute atomic E-state index is 12.7. The number of benzene rings is 2. The van der Waals surface area contributed by atoms with E-state index in [0.29, 0.717) is 18.6 Å². The SMILES string of the molecule is O=[N+]([O-])c1cc(S(=O)(=O)C(F)(F)F)ccc1NCCc1cnn(-c2ccccc2)c1. The van der Waals surface area contributed by atoms with E-state index in [9.17, 15) is 31.7 Å². The number of sulfone groups is 1. The third-order valence-electron chi connectivity index (χ3n) is 4.17. The van der Waals surface area contributed by atoms with Gasteiger partial charge in [0.15, 0.2) is 0 Å². The Labute approximate surface area is 169 Å². The molecule has 8 nitrogen and oxygen atoms in total. The molecule has 1 N–H and O–H groups in total. The average Bonchev–Trinajstić information content (AvgIpc) is 3.16. The van der Waals surface area contributed by atoms with Gasteiger partial charge in [0.1, 0.15) is 5.69 Å². The maximum atomic E-state index is 12.7. The van der Waals surface area contributed by atoms with Crippen LogP contribution in [-0.2, 0) is 16.3 Å². The number of nitro benzene ring substituents is 1. The highest BCUT2D eigenvalue weighted by Gasteiger charge is 2.47. The Kier molecular flexibility index (Phi) is 5.78. The quantitative estimate of drug-likeness (QED) is 0.443. The minimum atomic E-state index is -5.68. The lowest BCUT2D eigenvalue weighted by Gasteiger charge is -2.10. The van der Waals surface area contributed by atoms with Gasteiger partial charge in [0, 0.05) is 18.8 Å². The summed E-state index contributed by atoms with van der Waals surface area (Å²) in [5, 5.41) is 18.2. The van der Waals surface area contributed by atoms with Crippen molar-refractivity contribution in [2.75, 3.05) is 11.9 Å². The molecule has 1 heterocycles. The molecule has 0 saturated heterocycles. The molecular formula is C18H15F3N4O4S. The molecule has 0 radical (unpaired) electrons. The summed E-state index contributed by atoms with van der Waals surface area (Å²) in [5.41, 5.74) is -4.72. The molecule has 0 amide bonds. The largest absolute Gasteiger partial charge is 0.501 e. The van der Waals surface area contributed by atoms with Crippen molar-refractivity contribution in [1.29, 1.82) is 0 Å². The third-order valence-corrected chi connectivity index (χ3v) is 5.65. The van der Waals surface area contributed by atoms with Gasteiger partial charge < -0.3 is 5.32 Å². The third kappa shape index (κ3) is 4.43. The zero-order chi connectivity index (χ0) is 21.9. The van der Waals surface area contributed by atoms with E-state index in [4.69, 9.17) is 0 Å². The highest BCUT2D eigenvalue weighted by atomic mass is 32.2. The number of hydrogen-bond acceptors (Lipinski definition) is 6. The maximum Gasteiger partial charge on any atom is 0.501 e. The van der Waals surface area contributed by atoms with Crippen LogP contribution in [0.5, 0.6) is 0 Å². The van der Waals surface area contributed by atoms with Crippen molar-refractivity contribution >= 4 is 21.2 Å². The van der Waals surface area contributed by atoms with Crippen LogP contribution in [0.2, 0.25) is 0 Å². The van der Waals surface area contributed by atoms with Gasteiger partial charge in [-0.25, -0.2) is 13.1 Å². The Morgan fingerprint density at radius 3 is 2.47 bits per heavy atom. The molecule has 2 aromatic carbocycles. The summed E-state index contributed by atoms with van der Waals surface area (Å²) in [5.74, 6) is 0. The summed E-state index contributed by atoms with van der Waals surface area (Å²) in [7, 11) is -5.68. The predicted molar refractivity (Wildman–Crippen MR) is 102 cm³/mol. The Balaban J connectivity index is 1.73. The van der Waals surface area contributed by atoms with Crippen molar-refractivity contribution in [1.82, 2.24) is 9.78 Å². The van der Waals surface area contributed by atoms with Gasteiger partial charge in [-0.2, -0.15) is 18.3 Å². The molecule has 0 fully saturated rings. The number of rotatable bonds is 7. The van der Waals surface area contributed by atoms with Gasteiger partial charge in [-0.15, -0.1) is 0 Å². The molecule has 12 heteroatoms. The number of alkyl halides is 3. The van der Waals surface area contributed by atoms with Crippen molar-refractivity contribution in [3.63, 3.8) is 0 Å². The standard InChI is InChI=1S/C18H15F3N4O4S/c19-18(20,21)30(28,29)15-6-7-16(17(10-15)25(26)27)22-9-8-13-11-23-24(12-13)14-4-2-1-3-5-14/h1-7,10-12,22H,8-9H2. The van der Waals surface area contributed by atoms with E-state index >= 15 is 0 Å². The Bertz CT molecular complexity index is 1160. The van der Waals surface area contributed by atoms with Crippen molar-refractivity contribution in [3.8, 4) is 5.69 Å². The minimum Gasteiger partial charge on any atom is -0.379 e. The Morgan fingerprint density at radius 2 is 1.83 bits per heavy atom. The second kappa shape index (κ2) is 8.14. The van der Waals surface area contributed by atoms with Gasteiger partial charge in [0.05, 0.1) is 21.7 Å². The molecule has 158 valence electrons. The summed E-state index contributed by atoms with van der Waals surface area (Å²) in [6.07, 6.45) is 3.83. The fraction of sp³-hybridized carbons (Fsp3) is 0.167. The molecule has 0 bridgehead atoms. The van der Waals surface area contributed by atoms with Crippen LogP contribution in [-0.4, -0.2) is 35.2 Å². The van der Waals surface area contributed by atoms with E-state index < -0.39 is 30.9 Å². The normalized spacial score (nSPS) is 12.0. The zero-order valence-corrected chi connectivity index (χ0v) is 16.0. The highest BCUT2D eigenvalue weighted by molar-refractivity contribution is 7.92. The number of hydrogen-bond donors (Lipinski definition) is 1. The van der Waals surface area contributed by atoms with Gasteiger partial charge in [-0.1, -0.05) is 18.2 Å². The molecular weight excluding hydrogens is 425 g/mol. The van der Waals surface area contributed by atoms with Gasteiger partial charge in [-0.05, 0) is 36.2 Å². The number of nitrogens with one attached hydrogen (secondary N) is 1. The van der Waals surface area contributed by atoms with Gasteiger partial charge in [0.2, 0.25) is 0 Å². The van der Waals surface area contributed by atoms with E-state index in [1.165, 1.54) is 0 Å². The van der Waals surface area contributed by atoms with E-state index in [1.54, 1.807) is 17.1 Å². The molecule has 3 rings (SSSR count). The topological polar surface area (TPSA) is 107 Å². The number of nitrogens with zero attached hydrogens (tertiary/aromatic N) is 3. The van der Waals surface area contributed by atoms with E-state index in [0.717, 1.165) is 17.3 Å². The number of nitro groups is 1. The molecule has 3 aromatic rings. The van der Waals surface area contributed by atoms with Gasteiger partial charge in [-0.3, -0.25) is 10.1 Å². The summed E-state index contributed by atoms with van der Waals surface area (Å²) in [6.45, 7) is 0.215. The smallest absolute Gasteiger partial charge is 0.379 e. The predicted octanol–water partition coefficient (Wildman–Crippen LogP) is 3.73. The number of para-hydroxylation sites is 1. The van der Waals surface area contributed by atoms with Crippen LogP contribution < -0.4 is 5.32 Å². The van der Waals surface area contributed by atoms with Crippen LogP contribution in [0.1, 0.15) is 5.56 Å². The second-order valence-electron chi connectivity index (χ2n) is 6.19. The van der Waals surface area contributed by atoms with Crippen molar-refractivity contribution in [3.05, 3.63) is 76.6 Å². The Hall–Kier alpha value is -3.41. The van der Waals surface area contributed by atoms with Gasteiger partial charge >= 0.3 is 5.51 Å². The number of aromatic nitrogens is 2.